The lowest BCUT2D eigenvalue weighted by molar-refractivity contribution is 0.104. The third-order valence-electron chi connectivity index (χ3n) is 3.46. The van der Waals surface area contributed by atoms with E-state index in [2.05, 4.69) is 36.1 Å². The van der Waals surface area contributed by atoms with E-state index in [4.69, 9.17) is 5.73 Å². The molecule has 0 amide bonds. The normalized spacial score (nSPS) is 15.6. The predicted octanol–water partition coefficient (Wildman–Crippen LogP) is 1.91. The number of aromatic nitrogens is 2. The first-order valence-electron chi connectivity index (χ1n) is 7.02. The molecule has 116 valence electrons. The molecule has 8 heteroatoms. The van der Waals surface area contributed by atoms with Crippen LogP contribution in [0.15, 0.2) is 22.9 Å². The SMILES string of the molecule is Nc1ncc(Br)cc1C(=O)c1cnc(N2CCCNCC2)s1. The van der Waals surface area contributed by atoms with Gasteiger partial charge >= 0.3 is 0 Å². The minimum Gasteiger partial charge on any atom is -0.383 e. The van der Waals surface area contributed by atoms with Crippen LogP contribution in [0, 0.1) is 0 Å². The van der Waals surface area contributed by atoms with Crippen LogP contribution in [0.5, 0.6) is 0 Å². The van der Waals surface area contributed by atoms with Crippen LogP contribution in [0.25, 0.3) is 0 Å². The van der Waals surface area contributed by atoms with E-state index in [1.165, 1.54) is 11.3 Å². The zero-order valence-electron chi connectivity index (χ0n) is 11.9. The molecular weight excluding hydrogens is 366 g/mol. The average molecular weight is 382 g/mol. The summed E-state index contributed by atoms with van der Waals surface area (Å²) < 4.78 is 0.730. The lowest BCUT2D eigenvalue weighted by Crippen LogP contribution is -2.27. The standard InChI is InChI=1S/C14H16BrN5OS/c15-9-6-10(13(16)18-7-9)12(21)11-8-19-14(22-11)20-4-1-2-17-3-5-20/h6-8,17H,1-5H2,(H2,16,18). The number of nitrogens with one attached hydrogen (secondary N) is 1. The van der Waals surface area contributed by atoms with Gasteiger partial charge in [-0.2, -0.15) is 0 Å². The summed E-state index contributed by atoms with van der Waals surface area (Å²) in [6.45, 7) is 3.82. The third kappa shape index (κ3) is 3.29. The maximum atomic E-state index is 12.6. The van der Waals surface area contributed by atoms with Crippen molar-refractivity contribution in [2.24, 2.45) is 0 Å². The van der Waals surface area contributed by atoms with Crippen LogP contribution in [0.3, 0.4) is 0 Å². The fourth-order valence-corrected chi connectivity index (χ4v) is 3.57. The number of hydrogen-bond donors (Lipinski definition) is 2. The lowest BCUT2D eigenvalue weighted by atomic mass is 10.1. The van der Waals surface area contributed by atoms with Gasteiger partial charge in [-0.15, -0.1) is 0 Å². The smallest absolute Gasteiger partial charge is 0.208 e. The molecule has 2 aromatic rings. The Balaban J connectivity index is 1.83. The molecule has 3 N–H and O–H groups in total. The summed E-state index contributed by atoms with van der Waals surface area (Å²) in [7, 11) is 0. The number of rotatable bonds is 3. The van der Waals surface area contributed by atoms with Crippen molar-refractivity contribution in [3.8, 4) is 0 Å². The molecule has 6 nitrogen and oxygen atoms in total. The molecule has 1 fully saturated rings. The number of carbonyl (C=O) groups is 1. The molecule has 1 aliphatic heterocycles. The second kappa shape index (κ2) is 6.72. The maximum absolute atomic E-state index is 12.6. The van der Waals surface area contributed by atoms with Gasteiger partial charge in [0.05, 0.1) is 16.6 Å². The van der Waals surface area contributed by atoms with Gasteiger partial charge in [-0.25, -0.2) is 9.97 Å². The van der Waals surface area contributed by atoms with Gasteiger partial charge in [0.15, 0.2) is 5.13 Å². The molecule has 0 saturated carbocycles. The monoisotopic (exact) mass is 381 g/mol. The minimum atomic E-state index is -0.136. The molecule has 2 aromatic heterocycles. The summed E-state index contributed by atoms with van der Waals surface area (Å²) >= 11 is 4.72. The Morgan fingerprint density at radius 3 is 3.05 bits per heavy atom. The molecule has 0 bridgehead atoms. The van der Waals surface area contributed by atoms with Crippen molar-refractivity contribution >= 4 is 44.0 Å². The Morgan fingerprint density at radius 1 is 1.32 bits per heavy atom. The van der Waals surface area contributed by atoms with Crippen molar-refractivity contribution in [3.05, 3.63) is 33.4 Å². The fourth-order valence-electron chi connectivity index (χ4n) is 2.32. The van der Waals surface area contributed by atoms with E-state index < -0.39 is 0 Å². The Kier molecular flexibility index (Phi) is 4.70. The van der Waals surface area contributed by atoms with Crippen LogP contribution in [0.4, 0.5) is 10.9 Å². The van der Waals surface area contributed by atoms with Crippen LogP contribution in [0.1, 0.15) is 21.7 Å². The number of nitrogen functional groups attached to an aromatic ring is 1. The Labute approximate surface area is 140 Å². The van der Waals surface area contributed by atoms with Crippen LogP contribution < -0.4 is 16.0 Å². The molecule has 0 aromatic carbocycles. The van der Waals surface area contributed by atoms with Gasteiger partial charge in [-0.1, -0.05) is 11.3 Å². The minimum absolute atomic E-state index is 0.136. The number of nitrogens with zero attached hydrogens (tertiary/aromatic N) is 3. The largest absolute Gasteiger partial charge is 0.383 e. The highest BCUT2D eigenvalue weighted by atomic mass is 79.9. The molecule has 3 heterocycles. The highest BCUT2D eigenvalue weighted by Gasteiger charge is 2.19. The van der Waals surface area contributed by atoms with E-state index >= 15 is 0 Å². The average Bonchev–Trinajstić information content (AvgIpc) is 2.85. The number of thiazole rings is 1. The molecule has 0 aliphatic carbocycles. The lowest BCUT2D eigenvalue weighted by Gasteiger charge is -2.18. The maximum Gasteiger partial charge on any atom is 0.208 e. The summed E-state index contributed by atoms with van der Waals surface area (Å²) in [6.07, 6.45) is 4.28. The van der Waals surface area contributed by atoms with Crippen molar-refractivity contribution in [2.45, 2.75) is 6.42 Å². The van der Waals surface area contributed by atoms with Crippen molar-refractivity contribution in [1.82, 2.24) is 15.3 Å². The summed E-state index contributed by atoms with van der Waals surface area (Å²) in [5.74, 6) is 0.102. The highest BCUT2D eigenvalue weighted by Crippen LogP contribution is 2.27. The first-order chi connectivity index (χ1) is 10.6. The molecule has 1 aliphatic rings. The van der Waals surface area contributed by atoms with Crippen molar-refractivity contribution in [1.29, 1.82) is 0 Å². The molecule has 1 saturated heterocycles. The number of anilines is 2. The van der Waals surface area contributed by atoms with Crippen LogP contribution in [0.2, 0.25) is 0 Å². The topological polar surface area (TPSA) is 84.1 Å². The number of halogens is 1. The zero-order valence-corrected chi connectivity index (χ0v) is 14.3. The van der Waals surface area contributed by atoms with Crippen molar-refractivity contribution in [3.63, 3.8) is 0 Å². The van der Waals surface area contributed by atoms with E-state index in [0.29, 0.717) is 10.4 Å². The van der Waals surface area contributed by atoms with Crippen molar-refractivity contribution in [2.75, 3.05) is 36.8 Å². The molecule has 0 spiro atoms. The van der Waals surface area contributed by atoms with Gasteiger partial charge in [0, 0.05) is 30.3 Å². The number of hydrogen-bond acceptors (Lipinski definition) is 7. The zero-order chi connectivity index (χ0) is 15.5. The first kappa shape index (κ1) is 15.4. The van der Waals surface area contributed by atoms with E-state index in [-0.39, 0.29) is 11.6 Å². The van der Waals surface area contributed by atoms with E-state index in [9.17, 15) is 4.79 Å². The molecule has 0 atom stereocenters. The molecule has 0 unspecified atom stereocenters. The fraction of sp³-hybridized carbons (Fsp3) is 0.357. The number of carbonyl (C=O) groups excluding carboxylic acids is 1. The van der Waals surface area contributed by atoms with Gasteiger partial charge in [0.2, 0.25) is 5.78 Å². The van der Waals surface area contributed by atoms with E-state index in [1.54, 1.807) is 18.5 Å². The summed E-state index contributed by atoms with van der Waals surface area (Å²) in [5, 5.41) is 4.24. The van der Waals surface area contributed by atoms with Gasteiger partial charge in [0.25, 0.3) is 0 Å². The molecule has 22 heavy (non-hydrogen) atoms. The summed E-state index contributed by atoms with van der Waals surface area (Å²) in [5.41, 5.74) is 6.22. The van der Waals surface area contributed by atoms with Gasteiger partial charge in [-0.3, -0.25) is 4.79 Å². The van der Waals surface area contributed by atoms with Crippen LogP contribution >= 0.6 is 27.3 Å². The molecule has 3 rings (SSSR count). The third-order valence-corrected chi connectivity index (χ3v) is 4.95. The second-order valence-corrected chi connectivity index (χ2v) is 6.94. The van der Waals surface area contributed by atoms with Crippen LogP contribution in [-0.2, 0) is 0 Å². The van der Waals surface area contributed by atoms with Gasteiger partial charge < -0.3 is 16.0 Å². The van der Waals surface area contributed by atoms with Crippen molar-refractivity contribution < 1.29 is 4.79 Å². The first-order valence-corrected chi connectivity index (χ1v) is 8.63. The molecular formula is C14H16BrN5OS. The Hall–Kier alpha value is -1.51. The highest BCUT2D eigenvalue weighted by molar-refractivity contribution is 9.10. The van der Waals surface area contributed by atoms with Gasteiger partial charge in [-0.05, 0) is 35.0 Å². The Morgan fingerprint density at radius 2 is 2.18 bits per heavy atom. The van der Waals surface area contributed by atoms with Gasteiger partial charge in [0.1, 0.15) is 5.82 Å². The number of ketones is 1. The predicted molar refractivity (Wildman–Crippen MR) is 91.6 cm³/mol. The molecule has 0 radical (unpaired) electrons. The second-order valence-electron chi connectivity index (χ2n) is 5.01. The summed E-state index contributed by atoms with van der Waals surface area (Å²) in [4.78, 5) is 23.8. The van der Waals surface area contributed by atoms with Crippen LogP contribution in [-0.4, -0.2) is 41.9 Å². The number of pyridine rings is 1. The van der Waals surface area contributed by atoms with E-state index in [1.807, 2.05) is 0 Å². The quantitative estimate of drug-likeness (QED) is 0.790. The number of nitrogens with two attached hydrogens (primary N) is 1. The van der Waals surface area contributed by atoms with E-state index in [0.717, 1.165) is 42.2 Å². The summed E-state index contributed by atoms with van der Waals surface area (Å²) in [6, 6.07) is 1.69. The Bertz CT molecular complexity index is 682.